The molecular formula is C19H18N4O3S. The number of aromatic nitrogens is 2. The minimum absolute atomic E-state index is 0.111. The minimum Gasteiger partial charge on any atom is -0.349 e. The number of hydrogen-bond acceptors (Lipinski definition) is 6. The van der Waals surface area contributed by atoms with Crippen molar-refractivity contribution in [3.63, 3.8) is 0 Å². The Morgan fingerprint density at radius 3 is 2.89 bits per heavy atom. The summed E-state index contributed by atoms with van der Waals surface area (Å²) in [7, 11) is 0. The van der Waals surface area contributed by atoms with E-state index in [1.807, 2.05) is 17.5 Å². The molecule has 0 radical (unpaired) electrons. The van der Waals surface area contributed by atoms with Crippen molar-refractivity contribution < 1.29 is 14.1 Å². The molecule has 2 amide bonds. The van der Waals surface area contributed by atoms with Crippen molar-refractivity contribution >= 4 is 28.8 Å². The fraction of sp³-hybridized carbons (Fsp3) is 0.263. The number of carbonyl (C=O) groups is 2. The molecule has 0 bridgehead atoms. The zero-order chi connectivity index (χ0) is 18.6. The Labute approximate surface area is 159 Å². The molecule has 0 atom stereocenters. The SMILES string of the molecule is O=C(CCc1nc(-c2cccs2)no1)Nc1cccc(C(=O)NC2CC2)c1. The van der Waals surface area contributed by atoms with Crippen molar-refractivity contribution in [2.75, 3.05) is 5.32 Å². The number of amides is 2. The van der Waals surface area contributed by atoms with E-state index in [0.29, 0.717) is 35.4 Å². The first-order valence-corrected chi connectivity index (χ1v) is 9.62. The van der Waals surface area contributed by atoms with Crippen molar-refractivity contribution in [1.29, 1.82) is 0 Å². The first kappa shape index (κ1) is 17.4. The van der Waals surface area contributed by atoms with E-state index in [4.69, 9.17) is 4.52 Å². The first-order chi connectivity index (χ1) is 13.2. The summed E-state index contributed by atoms with van der Waals surface area (Å²) in [5, 5.41) is 11.6. The highest BCUT2D eigenvalue weighted by molar-refractivity contribution is 7.13. The van der Waals surface area contributed by atoms with Crippen LogP contribution in [-0.4, -0.2) is 28.0 Å². The zero-order valence-corrected chi connectivity index (χ0v) is 15.3. The van der Waals surface area contributed by atoms with Gasteiger partial charge in [-0.25, -0.2) is 0 Å². The Morgan fingerprint density at radius 2 is 2.11 bits per heavy atom. The summed E-state index contributed by atoms with van der Waals surface area (Å²) < 4.78 is 5.20. The Hall–Kier alpha value is -3.00. The van der Waals surface area contributed by atoms with E-state index < -0.39 is 0 Å². The topological polar surface area (TPSA) is 97.1 Å². The number of aryl methyl sites for hydroxylation is 1. The molecular weight excluding hydrogens is 364 g/mol. The van der Waals surface area contributed by atoms with Crippen LogP contribution in [0.4, 0.5) is 5.69 Å². The maximum atomic E-state index is 12.2. The molecule has 27 heavy (non-hydrogen) atoms. The molecule has 0 spiro atoms. The van der Waals surface area contributed by atoms with Crippen LogP contribution in [0.15, 0.2) is 46.3 Å². The predicted octanol–water partition coefficient (Wildman–Crippen LogP) is 3.26. The molecule has 3 aromatic rings. The molecule has 0 unspecified atom stereocenters. The third-order valence-electron chi connectivity index (χ3n) is 4.10. The smallest absolute Gasteiger partial charge is 0.251 e. The lowest BCUT2D eigenvalue weighted by Crippen LogP contribution is -2.25. The summed E-state index contributed by atoms with van der Waals surface area (Å²) in [6, 6.07) is 11.1. The van der Waals surface area contributed by atoms with Gasteiger partial charge >= 0.3 is 0 Å². The third kappa shape index (κ3) is 4.59. The van der Waals surface area contributed by atoms with Crippen LogP contribution in [0.5, 0.6) is 0 Å². The highest BCUT2D eigenvalue weighted by atomic mass is 32.1. The van der Waals surface area contributed by atoms with Gasteiger partial charge in [-0.2, -0.15) is 4.98 Å². The molecule has 7 nitrogen and oxygen atoms in total. The molecule has 0 aliphatic heterocycles. The number of nitrogens with one attached hydrogen (secondary N) is 2. The van der Waals surface area contributed by atoms with Crippen molar-refractivity contribution in [3.8, 4) is 10.7 Å². The Morgan fingerprint density at radius 1 is 1.22 bits per heavy atom. The van der Waals surface area contributed by atoms with Gasteiger partial charge in [-0.05, 0) is 42.5 Å². The second-order valence-corrected chi connectivity index (χ2v) is 7.31. The van der Waals surface area contributed by atoms with Crippen LogP contribution < -0.4 is 10.6 Å². The van der Waals surface area contributed by atoms with Crippen LogP contribution in [0.25, 0.3) is 10.7 Å². The second-order valence-electron chi connectivity index (χ2n) is 6.37. The fourth-order valence-electron chi connectivity index (χ4n) is 2.54. The van der Waals surface area contributed by atoms with Gasteiger partial charge in [0, 0.05) is 30.1 Å². The number of benzene rings is 1. The quantitative estimate of drug-likeness (QED) is 0.654. The summed E-state index contributed by atoms with van der Waals surface area (Å²) in [5.41, 5.74) is 1.13. The van der Waals surface area contributed by atoms with Crippen LogP contribution in [-0.2, 0) is 11.2 Å². The molecule has 2 aromatic heterocycles. The molecule has 1 aliphatic carbocycles. The van der Waals surface area contributed by atoms with E-state index in [1.165, 1.54) is 11.3 Å². The van der Waals surface area contributed by atoms with E-state index in [2.05, 4.69) is 20.8 Å². The summed E-state index contributed by atoms with van der Waals surface area (Å²) >= 11 is 1.53. The molecule has 2 heterocycles. The summed E-state index contributed by atoms with van der Waals surface area (Å²) in [4.78, 5) is 29.5. The van der Waals surface area contributed by atoms with Gasteiger partial charge in [0.15, 0.2) is 0 Å². The monoisotopic (exact) mass is 382 g/mol. The summed E-state index contributed by atoms with van der Waals surface area (Å²) in [6.45, 7) is 0. The lowest BCUT2D eigenvalue weighted by Gasteiger charge is -2.07. The van der Waals surface area contributed by atoms with Gasteiger partial charge in [0.1, 0.15) is 0 Å². The van der Waals surface area contributed by atoms with Gasteiger partial charge in [-0.3, -0.25) is 9.59 Å². The number of carbonyl (C=O) groups excluding carboxylic acids is 2. The van der Waals surface area contributed by atoms with Gasteiger partial charge in [0.25, 0.3) is 5.91 Å². The zero-order valence-electron chi connectivity index (χ0n) is 14.5. The van der Waals surface area contributed by atoms with Gasteiger partial charge < -0.3 is 15.2 Å². The van der Waals surface area contributed by atoms with E-state index in [0.717, 1.165) is 17.7 Å². The molecule has 8 heteroatoms. The summed E-state index contributed by atoms with van der Waals surface area (Å²) in [6.07, 6.45) is 2.63. The van der Waals surface area contributed by atoms with E-state index in [9.17, 15) is 9.59 Å². The highest BCUT2D eigenvalue weighted by Crippen LogP contribution is 2.22. The number of nitrogens with zero attached hydrogens (tertiary/aromatic N) is 2. The van der Waals surface area contributed by atoms with Crippen molar-refractivity contribution in [2.24, 2.45) is 0 Å². The highest BCUT2D eigenvalue weighted by Gasteiger charge is 2.23. The number of anilines is 1. The van der Waals surface area contributed by atoms with E-state index >= 15 is 0 Å². The molecule has 1 fully saturated rings. The molecule has 4 rings (SSSR count). The average molecular weight is 382 g/mol. The standard InChI is InChI=1S/C19H18N4O3S/c24-16(8-9-17-22-18(23-26-17)15-5-2-10-27-15)20-14-4-1-3-12(11-14)19(25)21-13-6-7-13/h1-5,10-11,13H,6-9H2,(H,20,24)(H,21,25). The number of rotatable bonds is 7. The van der Waals surface area contributed by atoms with Crippen LogP contribution in [0.3, 0.4) is 0 Å². The normalized spacial score (nSPS) is 13.3. The second kappa shape index (κ2) is 7.71. The number of thiophene rings is 1. The van der Waals surface area contributed by atoms with Gasteiger partial charge in [0.2, 0.25) is 17.6 Å². The average Bonchev–Trinajstić information content (AvgIpc) is 3.13. The van der Waals surface area contributed by atoms with Gasteiger partial charge in [-0.1, -0.05) is 17.3 Å². The molecule has 2 N–H and O–H groups in total. The molecule has 1 saturated carbocycles. The lowest BCUT2D eigenvalue weighted by atomic mass is 10.2. The largest absolute Gasteiger partial charge is 0.349 e. The Kier molecular flexibility index (Phi) is 4.97. The van der Waals surface area contributed by atoms with Crippen LogP contribution >= 0.6 is 11.3 Å². The number of hydrogen-bond donors (Lipinski definition) is 2. The third-order valence-corrected chi connectivity index (χ3v) is 4.96. The van der Waals surface area contributed by atoms with Crippen LogP contribution in [0.1, 0.15) is 35.5 Å². The maximum Gasteiger partial charge on any atom is 0.251 e. The maximum absolute atomic E-state index is 12.2. The fourth-order valence-corrected chi connectivity index (χ4v) is 3.19. The Bertz CT molecular complexity index is 948. The first-order valence-electron chi connectivity index (χ1n) is 8.74. The minimum atomic E-state index is -0.175. The lowest BCUT2D eigenvalue weighted by molar-refractivity contribution is -0.116. The van der Waals surface area contributed by atoms with E-state index in [1.54, 1.807) is 24.3 Å². The molecule has 1 aliphatic rings. The van der Waals surface area contributed by atoms with Crippen molar-refractivity contribution in [3.05, 3.63) is 53.2 Å². The molecule has 138 valence electrons. The van der Waals surface area contributed by atoms with Crippen LogP contribution in [0, 0.1) is 0 Å². The Balaban J connectivity index is 1.31. The van der Waals surface area contributed by atoms with Gasteiger partial charge in [-0.15, -0.1) is 11.3 Å². The van der Waals surface area contributed by atoms with Crippen molar-refractivity contribution in [1.82, 2.24) is 15.5 Å². The van der Waals surface area contributed by atoms with Crippen molar-refractivity contribution in [2.45, 2.75) is 31.7 Å². The van der Waals surface area contributed by atoms with E-state index in [-0.39, 0.29) is 18.2 Å². The predicted molar refractivity (Wildman–Crippen MR) is 101 cm³/mol. The molecule has 1 aromatic carbocycles. The van der Waals surface area contributed by atoms with Crippen LogP contribution in [0.2, 0.25) is 0 Å². The molecule has 0 saturated heterocycles. The van der Waals surface area contributed by atoms with Gasteiger partial charge in [0.05, 0.1) is 4.88 Å². The summed E-state index contributed by atoms with van der Waals surface area (Å²) in [5.74, 6) is 0.673.